The predicted octanol–water partition coefficient (Wildman–Crippen LogP) is 3.44. The Morgan fingerprint density at radius 2 is 1.90 bits per heavy atom. The molecule has 0 unspecified atom stereocenters. The highest BCUT2D eigenvalue weighted by Crippen LogP contribution is 2.26. The second-order valence-corrected chi connectivity index (χ2v) is 7.00. The summed E-state index contributed by atoms with van der Waals surface area (Å²) in [4.78, 5) is 18.1. The van der Waals surface area contributed by atoms with Crippen molar-refractivity contribution in [2.24, 2.45) is 0 Å². The number of fused-ring (bicyclic) bond motifs is 1. The minimum Gasteiger partial charge on any atom is -0.383 e. The van der Waals surface area contributed by atoms with E-state index < -0.39 is 0 Å². The minimum absolute atomic E-state index is 0. The lowest BCUT2D eigenvalue weighted by molar-refractivity contribution is 0.0951. The predicted molar refractivity (Wildman–Crippen MR) is 123 cm³/mol. The summed E-state index contributed by atoms with van der Waals surface area (Å²) in [7, 11) is 1.67. The second kappa shape index (κ2) is 13.5. The van der Waals surface area contributed by atoms with Gasteiger partial charge < -0.3 is 19.8 Å². The van der Waals surface area contributed by atoms with Gasteiger partial charge in [-0.15, -0.1) is 36.6 Å². The molecule has 2 heterocycles. The topological polar surface area (TPSA) is 67.7 Å². The van der Waals surface area contributed by atoms with Crippen LogP contribution in [0.25, 0.3) is 5.65 Å². The molecule has 0 aliphatic carbocycles. The summed E-state index contributed by atoms with van der Waals surface area (Å²) in [5.41, 5.74) is 2.62. The molecule has 0 saturated carbocycles. The molecule has 0 aliphatic heterocycles. The zero-order valence-corrected chi connectivity index (χ0v) is 18.6. The Labute approximate surface area is 187 Å². The molecule has 3 aromatic rings. The highest BCUT2D eigenvalue weighted by Gasteiger charge is 2.11. The number of benzene rings is 1. The van der Waals surface area contributed by atoms with E-state index in [1.807, 2.05) is 59.3 Å². The molecule has 0 saturated heterocycles. The average molecular weight is 457 g/mol. The van der Waals surface area contributed by atoms with Crippen LogP contribution in [0.15, 0.2) is 59.8 Å². The number of imidazole rings is 1. The number of nitrogens with one attached hydrogen (secondary N) is 2. The molecule has 2 aromatic heterocycles. The van der Waals surface area contributed by atoms with Gasteiger partial charge >= 0.3 is 0 Å². The molecule has 0 radical (unpaired) electrons. The van der Waals surface area contributed by atoms with E-state index in [0.717, 1.165) is 22.8 Å². The van der Waals surface area contributed by atoms with Gasteiger partial charge in [-0.25, -0.2) is 4.98 Å². The van der Waals surface area contributed by atoms with Crippen LogP contribution in [-0.2, 0) is 10.5 Å². The van der Waals surface area contributed by atoms with E-state index in [1.54, 1.807) is 18.9 Å². The molecule has 29 heavy (non-hydrogen) atoms. The van der Waals surface area contributed by atoms with Gasteiger partial charge in [-0.2, -0.15) is 0 Å². The van der Waals surface area contributed by atoms with E-state index in [1.165, 1.54) is 0 Å². The van der Waals surface area contributed by atoms with Crippen molar-refractivity contribution in [1.29, 1.82) is 0 Å². The molecule has 0 atom stereocenters. The molecule has 2 N–H and O–H groups in total. The third-order valence-electron chi connectivity index (χ3n) is 3.99. The summed E-state index contributed by atoms with van der Waals surface area (Å²) in [5, 5.41) is 6.17. The lowest BCUT2D eigenvalue weighted by atomic mass is 10.2. The van der Waals surface area contributed by atoms with Gasteiger partial charge in [-0.05, 0) is 24.3 Å². The van der Waals surface area contributed by atoms with Gasteiger partial charge in [-0.3, -0.25) is 4.79 Å². The van der Waals surface area contributed by atoms with Crippen LogP contribution in [0.1, 0.15) is 16.1 Å². The van der Waals surface area contributed by atoms with Gasteiger partial charge in [0.25, 0.3) is 5.91 Å². The zero-order chi connectivity index (χ0) is 18.9. The van der Waals surface area contributed by atoms with Gasteiger partial charge in [-0.1, -0.05) is 18.2 Å². The number of pyridine rings is 1. The van der Waals surface area contributed by atoms with Crippen molar-refractivity contribution in [3.05, 3.63) is 66.1 Å². The maximum Gasteiger partial charge on any atom is 0.252 e. The number of ether oxygens (including phenoxy) is 1. The molecule has 9 heteroatoms. The van der Waals surface area contributed by atoms with Crippen LogP contribution in [0, 0.1) is 0 Å². The van der Waals surface area contributed by atoms with E-state index in [-0.39, 0.29) is 30.7 Å². The second-order valence-electron chi connectivity index (χ2n) is 5.98. The maximum atomic E-state index is 12.5. The van der Waals surface area contributed by atoms with Crippen molar-refractivity contribution in [2.45, 2.75) is 10.6 Å². The molecule has 0 fully saturated rings. The van der Waals surface area contributed by atoms with Crippen molar-refractivity contribution < 1.29 is 9.53 Å². The third-order valence-corrected chi connectivity index (χ3v) is 5.10. The molecule has 6 nitrogen and oxygen atoms in total. The number of nitrogens with zero attached hydrogens (tertiary/aromatic N) is 2. The highest BCUT2D eigenvalue weighted by molar-refractivity contribution is 7.98. The van der Waals surface area contributed by atoms with E-state index >= 15 is 0 Å². The Bertz CT molecular complexity index is 859. The largest absolute Gasteiger partial charge is 0.383 e. The molecular formula is C20H26Cl2N4O2S. The van der Waals surface area contributed by atoms with Crippen LogP contribution in [0.3, 0.4) is 0 Å². The van der Waals surface area contributed by atoms with Crippen LogP contribution < -0.4 is 10.6 Å². The third kappa shape index (κ3) is 7.53. The fourth-order valence-corrected chi connectivity index (χ4v) is 3.58. The van der Waals surface area contributed by atoms with Gasteiger partial charge in [0.1, 0.15) is 5.65 Å². The smallest absolute Gasteiger partial charge is 0.252 e. The molecule has 0 spiro atoms. The van der Waals surface area contributed by atoms with Crippen molar-refractivity contribution in [1.82, 2.24) is 20.0 Å². The maximum absolute atomic E-state index is 12.5. The quantitative estimate of drug-likeness (QED) is 0.361. The van der Waals surface area contributed by atoms with Crippen molar-refractivity contribution in [3.63, 3.8) is 0 Å². The first-order valence-corrected chi connectivity index (χ1v) is 9.89. The van der Waals surface area contributed by atoms with E-state index in [9.17, 15) is 4.79 Å². The number of amides is 1. The Balaban J connectivity index is 0.00000210. The first-order valence-electron chi connectivity index (χ1n) is 8.90. The lowest BCUT2D eigenvalue weighted by Gasteiger charge is -2.10. The molecule has 3 rings (SSSR count). The van der Waals surface area contributed by atoms with Crippen LogP contribution in [0.5, 0.6) is 0 Å². The van der Waals surface area contributed by atoms with Gasteiger partial charge in [0, 0.05) is 49.8 Å². The first kappa shape index (κ1) is 25.3. The summed E-state index contributed by atoms with van der Waals surface area (Å²) < 4.78 is 6.98. The number of rotatable bonds is 10. The van der Waals surface area contributed by atoms with E-state index in [2.05, 4.69) is 15.6 Å². The monoisotopic (exact) mass is 456 g/mol. The first-order chi connectivity index (χ1) is 13.3. The molecule has 1 amide bonds. The summed E-state index contributed by atoms with van der Waals surface area (Å²) in [5.74, 6) is 0.659. The number of thioether (sulfide) groups is 1. The highest BCUT2D eigenvalue weighted by atomic mass is 35.5. The number of halogens is 2. The van der Waals surface area contributed by atoms with Gasteiger partial charge in [0.15, 0.2) is 0 Å². The summed E-state index contributed by atoms with van der Waals surface area (Å²) in [6.07, 6.45) is 4.01. The van der Waals surface area contributed by atoms with Crippen LogP contribution in [0.4, 0.5) is 0 Å². The SMILES string of the molecule is COCCNCCNC(=O)c1ccccc1SCc1cn2ccccc2n1.Cl.Cl. The average Bonchev–Trinajstić information content (AvgIpc) is 3.12. The summed E-state index contributed by atoms with van der Waals surface area (Å²) in [6.45, 7) is 2.73. The van der Waals surface area contributed by atoms with E-state index in [4.69, 9.17) is 4.74 Å². The minimum atomic E-state index is -0.0540. The molecular weight excluding hydrogens is 431 g/mol. The normalized spacial score (nSPS) is 10.2. The number of carbonyl (C=O) groups is 1. The van der Waals surface area contributed by atoms with Crippen molar-refractivity contribution in [3.8, 4) is 0 Å². The standard InChI is InChI=1S/C20H24N4O2S.2ClH/c1-26-13-11-21-9-10-22-20(25)17-6-2-3-7-18(17)27-15-16-14-24-12-5-4-8-19(24)23-16;;/h2-8,12,14,21H,9-11,13,15H2,1H3,(H,22,25);2*1H. The fourth-order valence-electron chi connectivity index (χ4n) is 2.65. The Kier molecular flexibility index (Phi) is 11.7. The molecule has 0 aliphatic rings. The van der Waals surface area contributed by atoms with Crippen LogP contribution >= 0.6 is 36.6 Å². The number of carbonyl (C=O) groups excluding carboxylic acids is 1. The summed E-state index contributed by atoms with van der Waals surface area (Å²) in [6, 6.07) is 13.6. The fraction of sp³-hybridized carbons (Fsp3) is 0.300. The van der Waals surface area contributed by atoms with Crippen LogP contribution in [-0.4, -0.2) is 48.6 Å². The van der Waals surface area contributed by atoms with Gasteiger partial charge in [0.05, 0.1) is 17.9 Å². The lowest BCUT2D eigenvalue weighted by Crippen LogP contribution is -2.33. The number of methoxy groups -OCH3 is 1. The van der Waals surface area contributed by atoms with Crippen molar-refractivity contribution >= 4 is 48.1 Å². The Hall–Kier alpha value is -1.77. The molecule has 158 valence electrons. The molecule has 0 bridgehead atoms. The molecule has 1 aromatic carbocycles. The van der Waals surface area contributed by atoms with Crippen molar-refractivity contribution in [2.75, 3.05) is 33.4 Å². The number of hydrogen-bond donors (Lipinski definition) is 2. The Morgan fingerprint density at radius 3 is 2.69 bits per heavy atom. The number of hydrogen-bond acceptors (Lipinski definition) is 5. The number of aromatic nitrogens is 2. The summed E-state index contributed by atoms with van der Waals surface area (Å²) >= 11 is 1.63. The van der Waals surface area contributed by atoms with E-state index in [0.29, 0.717) is 31.0 Å². The zero-order valence-electron chi connectivity index (χ0n) is 16.2. The van der Waals surface area contributed by atoms with Gasteiger partial charge in [0.2, 0.25) is 0 Å². The van der Waals surface area contributed by atoms with Crippen LogP contribution in [0.2, 0.25) is 0 Å². The Morgan fingerprint density at radius 1 is 1.10 bits per heavy atom.